The molecule has 3 amide bonds. The van der Waals surface area contributed by atoms with Gasteiger partial charge in [-0.1, -0.05) is 50.6 Å². The van der Waals surface area contributed by atoms with Gasteiger partial charge in [0.05, 0.1) is 6.04 Å². The number of hydrogen-bond donors (Lipinski definition) is 4. The molecule has 0 aliphatic heterocycles. The highest BCUT2D eigenvalue weighted by molar-refractivity contribution is 5.94. The molecule has 3 rings (SSSR count). The number of carbonyl (C=O) groups excluding carboxylic acids is 3. The minimum absolute atomic E-state index is 0.112. The second-order valence-corrected chi connectivity index (χ2v) is 8.15. The summed E-state index contributed by atoms with van der Waals surface area (Å²) in [6.07, 6.45) is 3.65. The summed E-state index contributed by atoms with van der Waals surface area (Å²) in [5, 5.41) is 9.35. The van der Waals surface area contributed by atoms with Crippen LogP contribution < -0.4 is 16.0 Å². The van der Waals surface area contributed by atoms with Crippen molar-refractivity contribution in [3.05, 3.63) is 65.9 Å². The highest BCUT2D eigenvalue weighted by Crippen LogP contribution is 2.19. The summed E-state index contributed by atoms with van der Waals surface area (Å²) in [5.41, 5.74) is 3.59. The summed E-state index contributed by atoms with van der Waals surface area (Å²) in [7, 11) is 0. The number of para-hydroxylation sites is 1. The lowest BCUT2D eigenvalue weighted by Crippen LogP contribution is -2.54. The van der Waals surface area contributed by atoms with Crippen molar-refractivity contribution in [3.8, 4) is 0 Å². The Labute approximate surface area is 188 Å². The molecule has 32 heavy (non-hydrogen) atoms. The zero-order valence-electron chi connectivity index (χ0n) is 18.6. The molecule has 7 heteroatoms. The maximum absolute atomic E-state index is 13.0. The molecule has 7 nitrogen and oxygen atoms in total. The lowest BCUT2D eigenvalue weighted by Gasteiger charge is -2.25. The lowest BCUT2D eigenvalue weighted by molar-refractivity contribution is -0.126. The number of rotatable bonds is 9. The summed E-state index contributed by atoms with van der Waals surface area (Å²) in [5.74, 6) is -0.491. The molecule has 3 aromatic rings. The second kappa shape index (κ2) is 10.6. The smallest absolute Gasteiger partial charge is 0.319 e. The van der Waals surface area contributed by atoms with Crippen molar-refractivity contribution in [2.24, 2.45) is 5.92 Å². The van der Waals surface area contributed by atoms with Crippen molar-refractivity contribution >= 4 is 34.8 Å². The first kappa shape index (κ1) is 23.1. The SMILES string of the molecule is CC[C@@H](C)[C@H](NC(=O)Nc1cccc(C)c1)C(=O)N[C@@H](C=O)Cc1c[nH]c2ccccc12. The van der Waals surface area contributed by atoms with Gasteiger partial charge in [0.15, 0.2) is 0 Å². The Morgan fingerprint density at radius 3 is 2.59 bits per heavy atom. The van der Waals surface area contributed by atoms with Crippen LogP contribution in [0.2, 0.25) is 0 Å². The number of fused-ring (bicyclic) bond motifs is 1. The fraction of sp³-hybridized carbons (Fsp3) is 0.320. The molecule has 0 unspecified atom stereocenters. The molecule has 3 atom stereocenters. The van der Waals surface area contributed by atoms with Crippen LogP contribution in [0.3, 0.4) is 0 Å². The number of anilines is 1. The Hall–Kier alpha value is -3.61. The normalized spacial score (nSPS) is 13.7. The Kier molecular flexibility index (Phi) is 7.65. The average molecular weight is 435 g/mol. The summed E-state index contributed by atoms with van der Waals surface area (Å²) >= 11 is 0. The highest BCUT2D eigenvalue weighted by atomic mass is 16.2. The topological polar surface area (TPSA) is 103 Å². The summed E-state index contributed by atoms with van der Waals surface area (Å²) in [4.78, 5) is 40.5. The molecule has 2 aromatic carbocycles. The summed E-state index contributed by atoms with van der Waals surface area (Å²) < 4.78 is 0. The molecule has 0 bridgehead atoms. The van der Waals surface area contributed by atoms with Crippen molar-refractivity contribution in [2.75, 3.05) is 5.32 Å². The van der Waals surface area contributed by atoms with Crippen LogP contribution in [0.4, 0.5) is 10.5 Å². The van der Waals surface area contributed by atoms with Crippen molar-refractivity contribution in [2.45, 2.75) is 45.7 Å². The molecule has 1 heterocycles. The molecule has 0 fully saturated rings. The van der Waals surface area contributed by atoms with E-state index in [4.69, 9.17) is 0 Å². The fourth-order valence-corrected chi connectivity index (χ4v) is 3.68. The largest absolute Gasteiger partial charge is 0.361 e. The van der Waals surface area contributed by atoms with Crippen LogP contribution >= 0.6 is 0 Å². The van der Waals surface area contributed by atoms with Gasteiger partial charge in [-0.25, -0.2) is 4.79 Å². The van der Waals surface area contributed by atoms with E-state index >= 15 is 0 Å². The predicted molar refractivity (Wildman–Crippen MR) is 127 cm³/mol. The van der Waals surface area contributed by atoms with Gasteiger partial charge in [0.1, 0.15) is 12.3 Å². The molecule has 0 saturated carbocycles. The quantitative estimate of drug-likeness (QED) is 0.384. The van der Waals surface area contributed by atoms with Gasteiger partial charge in [0.25, 0.3) is 0 Å². The fourth-order valence-electron chi connectivity index (χ4n) is 3.68. The number of carbonyl (C=O) groups is 3. The molecule has 4 N–H and O–H groups in total. The first-order valence-electron chi connectivity index (χ1n) is 10.9. The molecule has 168 valence electrons. The van der Waals surface area contributed by atoms with Gasteiger partial charge in [-0.05, 0) is 42.2 Å². The van der Waals surface area contributed by atoms with E-state index in [9.17, 15) is 14.4 Å². The number of nitrogens with one attached hydrogen (secondary N) is 4. The third kappa shape index (κ3) is 5.75. The van der Waals surface area contributed by atoms with Gasteiger partial charge in [0.2, 0.25) is 5.91 Å². The number of amides is 3. The molecule has 0 saturated heterocycles. The van der Waals surface area contributed by atoms with Crippen molar-refractivity contribution in [1.82, 2.24) is 15.6 Å². The van der Waals surface area contributed by atoms with Gasteiger partial charge < -0.3 is 25.7 Å². The minimum Gasteiger partial charge on any atom is -0.361 e. The summed E-state index contributed by atoms with van der Waals surface area (Å²) in [6.45, 7) is 5.78. The van der Waals surface area contributed by atoms with Gasteiger partial charge >= 0.3 is 6.03 Å². The van der Waals surface area contributed by atoms with E-state index < -0.39 is 18.1 Å². The Balaban J connectivity index is 1.67. The van der Waals surface area contributed by atoms with E-state index in [2.05, 4.69) is 20.9 Å². The summed E-state index contributed by atoms with van der Waals surface area (Å²) in [6, 6.07) is 13.3. The second-order valence-electron chi connectivity index (χ2n) is 8.15. The number of hydrogen-bond acceptors (Lipinski definition) is 3. The first-order valence-corrected chi connectivity index (χ1v) is 10.9. The van der Waals surface area contributed by atoms with E-state index in [1.807, 2.05) is 69.4 Å². The number of aromatic amines is 1. The van der Waals surface area contributed by atoms with Gasteiger partial charge in [0, 0.05) is 29.2 Å². The molecular formula is C25H30N4O3. The predicted octanol–water partition coefficient (Wildman–Crippen LogP) is 3.94. The van der Waals surface area contributed by atoms with Crippen LogP contribution in [0.25, 0.3) is 10.9 Å². The van der Waals surface area contributed by atoms with E-state index in [1.165, 1.54) is 0 Å². The number of aldehydes is 1. The number of benzene rings is 2. The van der Waals surface area contributed by atoms with E-state index in [1.54, 1.807) is 6.07 Å². The maximum atomic E-state index is 13.0. The zero-order valence-corrected chi connectivity index (χ0v) is 18.6. The lowest BCUT2D eigenvalue weighted by atomic mass is 9.97. The molecule has 0 spiro atoms. The van der Waals surface area contributed by atoms with Crippen molar-refractivity contribution in [1.29, 1.82) is 0 Å². The highest BCUT2D eigenvalue weighted by Gasteiger charge is 2.28. The van der Waals surface area contributed by atoms with Crippen LogP contribution in [0, 0.1) is 12.8 Å². The van der Waals surface area contributed by atoms with Gasteiger partial charge in [-0.15, -0.1) is 0 Å². The molecule has 0 aliphatic rings. The van der Waals surface area contributed by atoms with Crippen molar-refractivity contribution < 1.29 is 14.4 Å². The monoisotopic (exact) mass is 434 g/mol. The number of aryl methyl sites for hydroxylation is 1. The minimum atomic E-state index is -0.768. The third-order valence-corrected chi connectivity index (χ3v) is 5.66. The van der Waals surface area contributed by atoms with E-state index in [0.29, 0.717) is 18.5 Å². The molecular weight excluding hydrogens is 404 g/mol. The zero-order chi connectivity index (χ0) is 23.1. The van der Waals surface area contributed by atoms with Gasteiger partial charge in [-0.3, -0.25) is 4.79 Å². The molecule has 0 aliphatic carbocycles. The maximum Gasteiger partial charge on any atom is 0.319 e. The third-order valence-electron chi connectivity index (χ3n) is 5.66. The van der Waals surface area contributed by atoms with Gasteiger partial charge in [-0.2, -0.15) is 0 Å². The standard InChI is InChI=1S/C25H30N4O3/c1-4-17(3)23(29-25(32)28-19-9-7-8-16(2)12-19)24(31)27-20(15-30)13-18-14-26-22-11-6-5-10-21(18)22/h5-12,14-15,17,20,23,26H,4,13H2,1-3H3,(H,27,31)(H2,28,29,32)/t17-,20-,23+/m1/s1. The first-order chi connectivity index (χ1) is 15.4. The molecule has 1 aromatic heterocycles. The van der Waals surface area contributed by atoms with E-state index in [0.717, 1.165) is 28.3 Å². The van der Waals surface area contributed by atoms with Crippen LogP contribution in [0.5, 0.6) is 0 Å². The Bertz CT molecular complexity index is 1090. The Morgan fingerprint density at radius 2 is 1.88 bits per heavy atom. The van der Waals surface area contributed by atoms with Crippen LogP contribution in [0.1, 0.15) is 31.4 Å². The van der Waals surface area contributed by atoms with E-state index in [-0.39, 0.29) is 11.8 Å². The Morgan fingerprint density at radius 1 is 1.09 bits per heavy atom. The van der Waals surface area contributed by atoms with Crippen LogP contribution in [0.15, 0.2) is 54.7 Å². The number of urea groups is 1. The van der Waals surface area contributed by atoms with Crippen molar-refractivity contribution in [3.63, 3.8) is 0 Å². The average Bonchev–Trinajstić information content (AvgIpc) is 3.19. The number of H-pyrrole nitrogens is 1. The van der Waals surface area contributed by atoms with Crippen LogP contribution in [-0.2, 0) is 16.0 Å². The molecule has 0 radical (unpaired) electrons. The number of aromatic nitrogens is 1. The van der Waals surface area contributed by atoms with Crippen LogP contribution in [-0.4, -0.2) is 35.3 Å².